The van der Waals surface area contributed by atoms with E-state index in [0.29, 0.717) is 0 Å². The molecule has 0 N–H and O–H groups in total. The lowest BCUT2D eigenvalue weighted by atomic mass is 9.93. The van der Waals surface area contributed by atoms with E-state index in [0.717, 1.165) is 50.3 Å². The van der Waals surface area contributed by atoms with Crippen LogP contribution in [0.25, 0.3) is 0 Å². The van der Waals surface area contributed by atoms with Gasteiger partial charge in [0, 0.05) is 38.1 Å². The van der Waals surface area contributed by atoms with E-state index < -0.39 is 0 Å². The smallest absolute Gasteiger partial charge is 0.123 e. The van der Waals surface area contributed by atoms with Crippen molar-refractivity contribution in [3.8, 4) is 0 Å². The van der Waals surface area contributed by atoms with Gasteiger partial charge in [0.1, 0.15) is 11.6 Å². The minimum absolute atomic E-state index is 0. The maximum atomic E-state index is 13.9. The highest BCUT2D eigenvalue weighted by molar-refractivity contribution is 5.85. The van der Waals surface area contributed by atoms with Crippen molar-refractivity contribution in [2.75, 3.05) is 32.7 Å². The first-order chi connectivity index (χ1) is 12.2. The number of fused-ring (bicyclic) bond motifs is 1. The Hall–Kier alpha value is -1.20. The molecule has 2 atom stereocenters. The SMILES string of the molecule is CCN1CCN(C2CC(c3ccc(F)cc3)c3ccc(F)cc32)CC1.Cl.Cl. The van der Waals surface area contributed by atoms with Gasteiger partial charge in [-0.25, -0.2) is 8.78 Å². The van der Waals surface area contributed by atoms with Gasteiger partial charge in [0.15, 0.2) is 0 Å². The highest BCUT2D eigenvalue weighted by Crippen LogP contribution is 2.47. The fourth-order valence-corrected chi connectivity index (χ4v) is 4.38. The second kappa shape index (κ2) is 9.33. The van der Waals surface area contributed by atoms with Gasteiger partial charge in [-0.15, -0.1) is 24.8 Å². The predicted molar refractivity (Wildman–Crippen MR) is 110 cm³/mol. The van der Waals surface area contributed by atoms with Crippen molar-refractivity contribution in [1.82, 2.24) is 9.80 Å². The van der Waals surface area contributed by atoms with E-state index in [-0.39, 0.29) is 48.4 Å². The molecular weight excluding hydrogens is 389 g/mol. The topological polar surface area (TPSA) is 6.48 Å². The van der Waals surface area contributed by atoms with E-state index in [4.69, 9.17) is 0 Å². The molecule has 2 aromatic rings. The largest absolute Gasteiger partial charge is 0.301 e. The van der Waals surface area contributed by atoms with Gasteiger partial charge >= 0.3 is 0 Å². The zero-order valence-electron chi connectivity index (χ0n) is 15.4. The van der Waals surface area contributed by atoms with Crippen molar-refractivity contribution in [2.45, 2.75) is 25.3 Å². The molecule has 0 aromatic heterocycles. The summed E-state index contributed by atoms with van der Waals surface area (Å²) in [6.45, 7) is 7.45. The molecule has 27 heavy (non-hydrogen) atoms. The van der Waals surface area contributed by atoms with Crippen molar-refractivity contribution in [2.24, 2.45) is 0 Å². The number of benzene rings is 2. The monoisotopic (exact) mass is 414 g/mol. The lowest BCUT2D eigenvalue weighted by Crippen LogP contribution is -2.47. The quantitative estimate of drug-likeness (QED) is 0.695. The maximum absolute atomic E-state index is 13.9. The second-order valence-corrected chi connectivity index (χ2v) is 7.10. The zero-order chi connectivity index (χ0) is 17.4. The molecule has 1 heterocycles. The van der Waals surface area contributed by atoms with Crippen molar-refractivity contribution < 1.29 is 8.78 Å². The molecular formula is C21H26Cl2F2N2. The Kier molecular flexibility index (Phi) is 7.64. The normalized spacial score (nSPS) is 22.6. The fraction of sp³-hybridized carbons (Fsp3) is 0.429. The van der Waals surface area contributed by atoms with E-state index in [1.54, 1.807) is 12.1 Å². The average Bonchev–Trinajstić information content (AvgIpc) is 3.01. The third-order valence-electron chi connectivity index (χ3n) is 5.81. The number of hydrogen-bond donors (Lipinski definition) is 0. The summed E-state index contributed by atoms with van der Waals surface area (Å²) in [5.41, 5.74) is 3.42. The Bertz CT molecular complexity index is 746. The number of piperazine rings is 1. The van der Waals surface area contributed by atoms with Crippen molar-refractivity contribution in [1.29, 1.82) is 0 Å². The Morgan fingerprint density at radius 2 is 1.48 bits per heavy atom. The van der Waals surface area contributed by atoms with Crippen LogP contribution in [0.5, 0.6) is 0 Å². The van der Waals surface area contributed by atoms with Gasteiger partial charge in [0.25, 0.3) is 0 Å². The van der Waals surface area contributed by atoms with Crippen LogP contribution in [0.2, 0.25) is 0 Å². The van der Waals surface area contributed by atoms with Gasteiger partial charge < -0.3 is 4.90 Å². The lowest BCUT2D eigenvalue weighted by molar-refractivity contribution is 0.0981. The minimum atomic E-state index is -0.215. The molecule has 2 aliphatic rings. The summed E-state index contributed by atoms with van der Waals surface area (Å²) in [5.74, 6) is -0.172. The number of likely N-dealkylation sites (N-methyl/N-ethyl adjacent to an activating group) is 1. The molecule has 0 saturated carbocycles. The van der Waals surface area contributed by atoms with Crippen LogP contribution in [-0.2, 0) is 0 Å². The number of rotatable bonds is 3. The molecule has 4 rings (SSSR count). The van der Waals surface area contributed by atoms with Crippen LogP contribution in [0, 0.1) is 11.6 Å². The van der Waals surface area contributed by atoms with Crippen LogP contribution in [0.1, 0.15) is 42.0 Å². The standard InChI is InChI=1S/C21H24F2N2.2ClH/c1-2-24-9-11-25(12-10-24)21-14-19(15-3-5-16(22)6-4-15)18-8-7-17(23)13-20(18)21;;/h3-8,13,19,21H,2,9-12,14H2,1H3;2*1H. The fourth-order valence-electron chi connectivity index (χ4n) is 4.38. The summed E-state index contributed by atoms with van der Waals surface area (Å²) >= 11 is 0. The third kappa shape index (κ3) is 4.45. The van der Waals surface area contributed by atoms with Gasteiger partial charge in [0.2, 0.25) is 0 Å². The van der Waals surface area contributed by atoms with Crippen molar-refractivity contribution in [3.63, 3.8) is 0 Å². The lowest BCUT2D eigenvalue weighted by Gasteiger charge is -2.38. The molecule has 1 aliphatic carbocycles. The van der Waals surface area contributed by atoms with E-state index in [1.807, 2.05) is 18.2 Å². The zero-order valence-corrected chi connectivity index (χ0v) is 17.0. The first kappa shape index (κ1) is 22.1. The Labute approximate surface area is 172 Å². The van der Waals surface area contributed by atoms with Crippen molar-refractivity contribution >= 4 is 24.8 Å². The summed E-state index contributed by atoms with van der Waals surface area (Å²) < 4.78 is 27.2. The summed E-state index contributed by atoms with van der Waals surface area (Å²) in [5, 5.41) is 0. The van der Waals surface area contributed by atoms with E-state index >= 15 is 0 Å². The first-order valence-corrected chi connectivity index (χ1v) is 9.17. The Balaban J connectivity index is 0.00000131. The third-order valence-corrected chi connectivity index (χ3v) is 5.81. The van der Waals surface area contributed by atoms with E-state index in [2.05, 4.69) is 16.7 Å². The Morgan fingerprint density at radius 3 is 2.11 bits per heavy atom. The maximum Gasteiger partial charge on any atom is 0.123 e. The molecule has 1 fully saturated rings. The summed E-state index contributed by atoms with van der Waals surface area (Å²) in [6.07, 6.45) is 0.941. The van der Waals surface area contributed by atoms with Gasteiger partial charge in [-0.3, -0.25) is 4.90 Å². The second-order valence-electron chi connectivity index (χ2n) is 7.10. The van der Waals surface area contributed by atoms with Crippen LogP contribution >= 0.6 is 24.8 Å². The van der Waals surface area contributed by atoms with Crippen LogP contribution in [0.3, 0.4) is 0 Å². The molecule has 1 aliphatic heterocycles. The number of nitrogens with zero attached hydrogens (tertiary/aromatic N) is 2. The molecule has 148 valence electrons. The van der Waals surface area contributed by atoms with E-state index in [9.17, 15) is 8.78 Å². The number of halogens is 4. The molecule has 1 saturated heterocycles. The van der Waals surface area contributed by atoms with Gasteiger partial charge in [-0.2, -0.15) is 0 Å². The highest BCUT2D eigenvalue weighted by atomic mass is 35.5. The average molecular weight is 415 g/mol. The first-order valence-electron chi connectivity index (χ1n) is 9.17. The van der Waals surface area contributed by atoms with Crippen LogP contribution in [0.4, 0.5) is 8.78 Å². The molecule has 0 bridgehead atoms. The molecule has 0 amide bonds. The molecule has 6 heteroatoms. The molecule has 0 radical (unpaired) electrons. The van der Waals surface area contributed by atoms with Crippen LogP contribution in [-0.4, -0.2) is 42.5 Å². The van der Waals surface area contributed by atoms with Gasteiger partial charge in [-0.1, -0.05) is 25.1 Å². The predicted octanol–water partition coefficient (Wildman–Crippen LogP) is 5.02. The summed E-state index contributed by atoms with van der Waals surface area (Å²) in [7, 11) is 0. The Morgan fingerprint density at radius 1 is 0.852 bits per heavy atom. The van der Waals surface area contributed by atoms with Gasteiger partial charge in [-0.05, 0) is 53.9 Å². The highest BCUT2D eigenvalue weighted by Gasteiger charge is 2.36. The summed E-state index contributed by atoms with van der Waals surface area (Å²) in [6, 6.07) is 12.2. The number of hydrogen-bond acceptors (Lipinski definition) is 2. The van der Waals surface area contributed by atoms with Crippen LogP contribution in [0.15, 0.2) is 42.5 Å². The van der Waals surface area contributed by atoms with Gasteiger partial charge in [0.05, 0.1) is 0 Å². The summed E-state index contributed by atoms with van der Waals surface area (Å²) in [4.78, 5) is 4.95. The van der Waals surface area contributed by atoms with Crippen molar-refractivity contribution in [3.05, 3.63) is 70.8 Å². The molecule has 2 aromatic carbocycles. The van der Waals surface area contributed by atoms with Crippen LogP contribution < -0.4 is 0 Å². The van der Waals surface area contributed by atoms with E-state index in [1.165, 1.54) is 17.7 Å². The molecule has 2 nitrogen and oxygen atoms in total. The molecule has 0 spiro atoms. The molecule has 2 unspecified atom stereocenters. The minimum Gasteiger partial charge on any atom is -0.301 e.